The molecule has 0 fully saturated rings. The molecule has 1 nitrogen and oxygen atoms in total. The molecule has 1 rings (SSSR count). The molecule has 0 atom stereocenters. The first-order valence-corrected chi connectivity index (χ1v) is 5.88. The third-order valence-electron chi connectivity index (χ3n) is 2.87. The van der Waals surface area contributed by atoms with Gasteiger partial charge in [0, 0.05) is 0 Å². The van der Waals surface area contributed by atoms with Crippen molar-refractivity contribution >= 4 is 0 Å². The van der Waals surface area contributed by atoms with Crippen LogP contribution in [0.5, 0.6) is 5.75 Å². The van der Waals surface area contributed by atoms with Gasteiger partial charge >= 0.3 is 29.6 Å². The smallest absolute Gasteiger partial charge is 1.00 e. The second-order valence-corrected chi connectivity index (χ2v) is 6.71. The fourth-order valence-electron chi connectivity index (χ4n) is 1.92. The Bertz CT molecular complexity index is 365. The summed E-state index contributed by atoms with van der Waals surface area (Å²) in [7, 11) is 0. The summed E-state index contributed by atoms with van der Waals surface area (Å²) < 4.78 is 0. The molecule has 0 radical (unpaired) electrons. The van der Waals surface area contributed by atoms with Gasteiger partial charge in [0.05, 0.1) is 0 Å². The van der Waals surface area contributed by atoms with Gasteiger partial charge in [-0.3, -0.25) is 0 Å². The van der Waals surface area contributed by atoms with Gasteiger partial charge in [-0.15, -0.1) is 0 Å². The van der Waals surface area contributed by atoms with E-state index in [9.17, 15) is 5.11 Å². The number of benzene rings is 1. The molecule has 0 bridgehead atoms. The van der Waals surface area contributed by atoms with Gasteiger partial charge in [0.2, 0.25) is 0 Å². The van der Waals surface area contributed by atoms with Crippen LogP contribution >= 0.6 is 0 Å². The fourth-order valence-corrected chi connectivity index (χ4v) is 1.92. The van der Waals surface area contributed by atoms with Crippen molar-refractivity contribution in [2.45, 2.75) is 59.3 Å². The number of phenolic OH excluding ortho intramolecular Hbond substituents is 1. The Morgan fingerprint density at radius 3 is 1.41 bits per heavy atom. The summed E-state index contributed by atoms with van der Waals surface area (Å²) >= 11 is 0. The van der Waals surface area contributed by atoms with Gasteiger partial charge in [-0.05, 0) is 28.9 Å². The van der Waals surface area contributed by atoms with E-state index >= 15 is 0 Å². The van der Waals surface area contributed by atoms with Crippen LogP contribution in [0.2, 0.25) is 0 Å². The van der Waals surface area contributed by atoms with E-state index in [1.807, 2.05) is 0 Å². The van der Waals surface area contributed by atoms with Crippen LogP contribution < -0.4 is 29.6 Å². The van der Waals surface area contributed by atoms with Crippen molar-refractivity contribution in [1.82, 2.24) is 0 Å². The maximum absolute atomic E-state index is 10.4. The van der Waals surface area contributed by atoms with Crippen LogP contribution in [-0.2, 0) is 10.8 Å². The molecule has 0 aliphatic heterocycles. The molecule has 2 heteroatoms. The topological polar surface area (TPSA) is 20.2 Å². The SMILES string of the molecule is Cc1cc(C(C)(C)C)c(O)c(C(C)(C)C)c1.[H-].[Na+]. The standard InChI is InChI=1S/C15H24O.Na.H/c1-10-8-11(14(2,3)4)13(16)12(9-10)15(5,6)7;;/h8-9,16H,1-7H3;;/q;+1;-1. The van der Waals surface area contributed by atoms with Gasteiger partial charge in [0.1, 0.15) is 5.75 Å². The van der Waals surface area contributed by atoms with Gasteiger partial charge in [-0.1, -0.05) is 59.2 Å². The summed E-state index contributed by atoms with van der Waals surface area (Å²) in [5, 5.41) is 10.4. The minimum atomic E-state index is -0.0178. The number of phenols is 1. The molecule has 1 aromatic rings. The van der Waals surface area contributed by atoms with Crippen molar-refractivity contribution in [2.75, 3.05) is 0 Å². The van der Waals surface area contributed by atoms with E-state index in [1.54, 1.807) is 0 Å². The van der Waals surface area contributed by atoms with E-state index in [1.165, 1.54) is 5.56 Å². The van der Waals surface area contributed by atoms with Crippen molar-refractivity contribution in [3.63, 3.8) is 0 Å². The monoisotopic (exact) mass is 244 g/mol. The molecule has 0 amide bonds. The average molecular weight is 244 g/mol. The maximum atomic E-state index is 10.4. The Morgan fingerprint density at radius 1 is 0.882 bits per heavy atom. The average Bonchev–Trinajstić information content (AvgIpc) is 2.04. The molecule has 0 heterocycles. The normalized spacial score (nSPS) is 12.2. The number of hydrogen-bond donors (Lipinski definition) is 1. The zero-order valence-corrected chi connectivity index (χ0v) is 14.6. The number of aromatic hydroxyl groups is 1. The van der Waals surface area contributed by atoms with E-state index in [4.69, 9.17) is 0 Å². The Labute approximate surface area is 129 Å². The van der Waals surface area contributed by atoms with Gasteiger partial charge in [-0.2, -0.15) is 0 Å². The Kier molecular flexibility index (Phi) is 5.34. The van der Waals surface area contributed by atoms with Crippen LogP contribution in [-0.4, -0.2) is 5.11 Å². The molecular weight excluding hydrogens is 219 g/mol. The summed E-state index contributed by atoms with van der Waals surface area (Å²) in [4.78, 5) is 0. The molecule has 0 aromatic heterocycles. The van der Waals surface area contributed by atoms with Crippen LogP contribution in [0.3, 0.4) is 0 Å². The molecule has 0 aliphatic rings. The molecule has 17 heavy (non-hydrogen) atoms. The number of rotatable bonds is 0. The third kappa shape index (κ3) is 4.01. The summed E-state index contributed by atoms with van der Waals surface area (Å²) in [6, 6.07) is 4.18. The van der Waals surface area contributed by atoms with Gasteiger partial charge in [0.25, 0.3) is 0 Å². The molecular formula is C15H25NaO. The second-order valence-electron chi connectivity index (χ2n) is 6.71. The van der Waals surface area contributed by atoms with Gasteiger partial charge in [-0.25, -0.2) is 0 Å². The molecule has 1 N–H and O–H groups in total. The van der Waals surface area contributed by atoms with Crippen LogP contribution in [0, 0.1) is 6.92 Å². The van der Waals surface area contributed by atoms with E-state index in [0.29, 0.717) is 5.75 Å². The molecule has 0 unspecified atom stereocenters. The number of aryl methyl sites for hydroxylation is 1. The van der Waals surface area contributed by atoms with Crippen molar-refractivity contribution in [1.29, 1.82) is 0 Å². The quantitative estimate of drug-likeness (QED) is 0.684. The zero-order valence-electron chi connectivity index (χ0n) is 13.6. The second kappa shape index (κ2) is 5.34. The van der Waals surface area contributed by atoms with Gasteiger partial charge < -0.3 is 6.53 Å². The van der Waals surface area contributed by atoms with Crippen molar-refractivity contribution in [2.24, 2.45) is 0 Å². The van der Waals surface area contributed by atoms with E-state index in [-0.39, 0.29) is 41.8 Å². The summed E-state index contributed by atoms with van der Waals surface area (Å²) in [5.41, 5.74) is 3.26. The predicted molar refractivity (Wildman–Crippen MR) is 71.4 cm³/mol. The first-order chi connectivity index (χ1) is 7.03. The molecule has 0 saturated carbocycles. The van der Waals surface area contributed by atoms with Crippen molar-refractivity contribution in [3.05, 3.63) is 28.8 Å². The van der Waals surface area contributed by atoms with Crippen LogP contribution in [0.15, 0.2) is 12.1 Å². The largest absolute Gasteiger partial charge is 1.00 e. The third-order valence-corrected chi connectivity index (χ3v) is 2.87. The van der Waals surface area contributed by atoms with Crippen LogP contribution in [0.4, 0.5) is 0 Å². The van der Waals surface area contributed by atoms with E-state index in [0.717, 1.165) is 11.1 Å². The molecule has 1 aromatic carbocycles. The van der Waals surface area contributed by atoms with Crippen LogP contribution in [0.1, 0.15) is 59.7 Å². The maximum Gasteiger partial charge on any atom is 1.00 e. The minimum Gasteiger partial charge on any atom is -1.00 e. The van der Waals surface area contributed by atoms with E-state index < -0.39 is 0 Å². The Hall–Kier alpha value is 0.0200. The van der Waals surface area contributed by atoms with E-state index in [2.05, 4.69) is 60.6 Å². The minimum absolute atomic E-state index is 0. The Balaban J connectivity index is 0. The first kappa shape index (κ1) is 17.0. The summed E-state index contributed by atoms with van der Waals surface area (Å²) in [5.74, 6) is 0.464. The number of hydrogen-bond acceptors (Lipinski definition) is 1. The summed E-state index contributed by atoms with van der Waals surface area (Å²) in [6.07, 6.45) is 0. The Morgan fingerprint density at radius 2 is 1.18 bits per heavy atom. The predicted octanol–water partition coefficient (Wildman–Crippen LogP) is 1.41. The molecule has 0 spiro atoms. The first-order valence-electron chi connectivity index (χ1n) is 5.88. The fraction of sp³-hybridized carbons (Fsp3) is 0.600. The van der Waals surface area contributed by atoms with Gasteiger partial charge in [0.15, 0.2) is 0 Å². The van der Waals surface area contributed by atoms with Crippen LogP contribution in [0.25, 0.3) is 0 Å². The molecule has 92 valence electrons. The van der Waals surface area contributed by atoms with Crippen molar-refractivity contribution in [3.8, 4) is 5.75 Å². The molecule has 0 saturated heterocycles. The molecule has 0 aliphatic carbocycles. The summed E-state index contributed by atoms with van der Waals surface area (Å²) in [6.45, 7) is 14.9. The van der Waals surface area contributed by atoms with Crippen molar-refractivity contribution < 1.29 is 36.1 Å². The zero-order chi connectivity index (χ0) is 12.7.